The molecule has 0 atom stereocenters. The third kappa shape index (κ3) is 3.18. The number of benzene rings is 1. The predicted molar refractivity (Wildman–Crippen MR) is 111 cm³/mol. The lowest BCUT2D eigenvalue weighted by molar-refractivity contribution is 0.0783. The molecule has 3 heterocycles. The number of carbonyl (C=O) groups excluding carboxylic acids is 1. The third-order valence-electron chi connectivity index (χ3n) is 5.05. The number of aromatic nitrogens is 2. The van der Waals surface area contributed by atoms with Gasteiger partial charge in [-0.25, -0.2) is 13.4 Å². The van der Waals surface area contributed by atoms with Crippen LogP contribution in [-0.2, 0) is 23.0 Å². The highest BCUT2D eigenvalue weighted by Crippen LogP contribution is 2.31. The Hall–Kier alpha value is -2.39. The van der Waals surface area contributed by atoms with E-state index in [1.54, 1.807) is 35.4 Å². The quantitative estimate of drug-likeness (QED) is 0.653. The summed E-state index contributed by atoms with van der Waals surface area (Å²) in [5, 5.41) is 0. The molecule has 4 rings (SSSR count). The number of aryl methyl sites for hydroxylation is 2. The molecule has 2 aromatic heterocycles. The lowest BCUT2D eigenvalue weighted by atomic mass is 10.1. The Labute approximate surface area is 168 Å². The summed E-state index contributed by atoms with van der Waals surface area (Å²) in [6.07, 6.45) is 3.86. The van der Waals surface area contributed by atoms with E-state index in [2.05, 4.69) is 4.98 Å². The van der Waals surface area contributed by atoms with Crippen molar-refractivity contribution in [3.05, 3.63) is 51.8 Å². The van der Waals surface area contributed by atoms with Crippen LogP contribution in [0.15, 0.2) is 24.4 Å². The van der Waals surface area contributed by atoms with Crippen LogP contribution in [0.3, 0.4) is 0 Å². The van der Waals surface area contributed by atoms with Gasteiger partial charge < -0.3 is 4.90 Å². The normalized spacial score (nSPS) is 13.9. The molecule has 3 aromatic rings. The van der Waals surface area contributed by atoms with Crippen molar-refractivity contribution < 1.29 is 13.2 Å². The Morgan fingerprint density at radius 2 is 2.07 bits per heavy atom. The minimum atomic E-state index is -3.29. The van der Waals surface area contributed by atoms with E-state index >= 15 is 0 Å². The van der Waals surface area contributed by atoms with Gasteiger partial charge in [-0.3, -0.25) is 13.5 Å². The van der Waals surface area contributed by atoms with Gasteiger partial charge in [0, 0.05) is 30.2 Å². The summed E-state index contributed by atoms with van der Waals surface area (Å²) in [6, 6.07) is 5.25. The van der Waals surface area contributed by atoms with Crippen LogP contribution < -0.4 is 4.31 Å². The van der Waals surface area contributed by atoms with Gasteiger partial charge in [-0.05, 0) is 44.0 Å². The summed E-state index contributed by atoms with van der Waals surface area (Å²) in [5.74, 6) is -0.0955. The molecule has 0 saturated heterocycles. The number of imidazole rings is 1. The molecule has 0 bridgehead atoms. The van der Waals surface area contributed by atoms with Gasteiger partial charge in [0.05, 0.1) is 29.9 Å². The first-order chi connectivity index (χ1) is 13.1. The van der Waals surface area contributed by atoms with Gasteiger partial charge in [-0.15, -0.1) is 11.3 Å². The summed E-state index contributed by atoms with van der Waals surface area (Å²) < 4.78 is 27.2. The Balaban J connectivity index is 1.58. The van der Waals surface area contributed by atoms with Crippen LogP contribution in [0.4, 0.5) is 5.69 Å². The van der Waals surface area contributed by atoms with Crippen LogP contribution in [0.25, 0.3) is 4.96 Å². The van der Waals surface area contributed by atoms with E-state index in [0.717, 1.165) is 21.9 Å². The highest BCUT2D eigenvalue weighted by Gasteiger charge is 2.27. The molecular formula is C19H22N4O3S2. The van der Waals surface area contributed by atoms with Crippen LogP contribution in [0, 0.1) is 13.8 Å². The smallest absolute Gasteiger partial charge is 0.253 e. The number of rotatable bonds is 4. The monoisotopic (exact) mass is 418 g/mol. The second-order valence-corrected chi connectivity index (χ2v) is 10.3. The maximum Gasteiger partial charge on any atom is 0.253 e. The number of nitrogens with zero attached hydrogens (tertiary/aromatic N) is 4. The van der Waals surface area contributed by atoms with Crippen LogP contribution in [-0.4, -0.2) is 48.5 Å². The first-order valence-electron chi connectivity index (χ1n) is 8.95. The molecule has 9 heteroatoms. The zero-order chi connectivity index (χ0) is 20.2. The zero-order valence-electron chi connectivity index (χ0n) is 16.3. The standard InChI is InChI=1S/C19H22N4O3S2/c1-12-10-22-17(13(2)20-19(22)27-12)11-21(3)18(24)15-5-6-16-14(9-15)7-8-23(16)28(4,25)26/h5-6,9-10H,7-8,11H2,1-4H3. The van der Waals surface area contributed by atoms with Crippen LogP contribution >= 0.6 is 11.3 Å². The maximum absolute atomic E-state index is 13.0. The number of fused-ring (bicyclic) bond motifs is 2. The molecule has 28 heavy (non-hydrogen) atoms. The van der Waals surface area contributed by atoms with Crippen molar-refractivity contribution in [2.45, 2.75) is 26.8 Å². The first kappa shape index (κ1) is 18.9. The molecule has 1 aromatic carbocycles. The minimum absolute atomic E-state index is 0.0955. The summed E-state index contributed by atoms with van der Waals surface area (Å²) in [4.78, 5) is 21.3. The summed E-state index contributed by atoms with van der Waals surface area (Å²) in [7, 11) is -1.52. The van der Waals surface area contributed by atoms with E-state index in [1.165, 1.54) is 15.4 Å². The summed E-state index contributed by atoms with van der Waals surface area (Å²) >= 11 is 1.63. The molecule has 0 radical (unpaired) electrons. The fraction of sp³-hybridized carbons (Fsp3) is 0.368. The van der Waals surface area contributed by atoms with Crippen molar-refractivity contribution in [1.29, 1.82) is 0 Å². The van der Waals surface area contributed by atoms with E-state index in [4.69, 9.17) is 0 Å². The lowest BCUT2D eigenvalue weighted by Crippen LogP contribution is -2.28. The predicted octanol–water partition coefficient (Wildman–Crippen LogP) is 2.61. The maximum atomic E-state index is 13.0. The first-order valence-corrected chi connectivity index (χ1v) is 11.6. The molecule has 0 fully saturated rings. The van der Waals surface area contributed by atoms with Crippen molar-refractivity contribution in [1.82, 2.24) is 14.3 Å². The zero-order valence-corrected chi connectivity index (χ0v) is 17.9. The number of thiazole rings is 1. The molecule has 148 valence electrons. The highest BCUT2D eigenvalue weighted by atomic mass is 32.2. The topological polar surface area (TPSA) is 75.0 Å². The Kier molecular flexibility index (Phi) is 4.46. The van der Waals surface area contributed by atoms with Gasteiger partial charge in [0.15, 0.2) is 4.96 Å². The average Bonchev–Trinajstić information content (AvgIpc) is 3.27. The van der Waals surface area contributed by atoms with Crippen molar-refractivity contribution in [3.63, 3.8) is 0 Å². The number of hydrogen-bond donors (Lipinski definition) is 0. The molecular weight excluding hydrogens is 396 g/mol. The SMILES string of the molecule is Cc1cn2c(CN(C)C(=O)c3ccc4c(c3)CCN4S(C)(=O)=O)c(C)nc2s1. The van der Waals surface area contributed by atoms with Crippen LogP contribution in [0.2, 0.25) is 0 Å². The molecule has 1 aliphatic heterocycles. The average molecular weight is 419 g/mol. The van der Waals surface area contributed by atoms with Gasteiger partial charge in [0.1, 0.15) is 0 Å². The molecule has 7 nitrogen and oxygen atoms in total. The Bertz CT molecular complexity index is 1190. The fourth-order valence-corrected chi connectivity index (χ4v) is 5.51. The Morgan fingerprint density at radius 3 is 2.79 bits per heavy atom. The van der Waals surface area contributed by atoms with Gasteiger partial charge in [0.2, 0.25) is 10.0 Å². The molecule has 1 aliphatic rings. The number of carbonyl (C=O) groups is 1. The number of amides is 1. The van der Waals surface area contributed by atoms with Gasteiger partial charge in [0.25, 0.3) is 5.91 Å². The third-order valence-corrected chi connectivity index (χ3v) is 7.13. The van der Waals surface area contributed by atoms with Crippen molar-refractivity contribution in [3.8, 4) is 0 Å². The van der Waals surface area contributed by atoms with Gasteiger partial charge in [-0.2, -0.15) is 0 Å². The lowest BCUT2D eigenvalue weighted by Gasteiger charge is -2.19. The molecule has 0 saturated carbocycles. The van der Waals surface area contributed by atoms with Crippen molar-refractivity contribution >= 4 is 37.9 Å². The van der Waals surface area contributed by atoms with Gasteiger partial charge in [-0.1, -0.05) is 0 Å². The second kappa shape index (κ2) is 6.59. The molecule has 1 amide bonds. The number of sulfonamides is 1. The van der Waals surface area contributed by atoms with Crippen LogP contribution in [0.1, 0.15) is 32.2 Å². The van der Waals surface area contributed by atoms with E-state index < -0.39 is 10.0 Å². The summed E-state index contributed by atoms with van der Waals surface area (Å²) in [5.41, 5.74) is 4.05. The van der Waals surface area contributed by atoms with Gasteiger partial charge >= 0.3 is 0 Å². The molecule has 0 aliphatic carbocycles. The minimum Gasteiger partial charge on any atom is -0.336 e. The number of anilines is 1. The van der Waals surface area contributed by atoms with E-state index in [0.29, 0.717) is 30.8 Å². The fourth-order valence-electron chi connectivity index (χ4n) is 3.67. The largest absolute Gasteiger partial charge is 0.336 e. The van der Waals surface area contributed by atoms with E-state index in [1.807, 2.05) is 30.5 Å². The summed E-state index contributed by atoms with van der Waals surface area (Å²) in [6.45, 7) is 4.87. The van der Waals surface area contributed by atoms with Crippen molar-refractivity contribution in [2.75, 3.05) is 24.2 Å². The molecule has 0 spiro atoms. The van der Waals surface area contributed by atoms with Crippen molar-refractivity contribution in [2.24, 2.45) is 0 Å². The molecule has 0 N–H and O–H groups in total. The molecule has 0 unspecified atom stereocenters. The highest BCUT2D eigenvalue weighted by molar-refractivity contribution is 7.92. The Morgan fingerprint density at radius 1 is 1.32 bits per heavy atom. The van der Waals surface area contributed by atoms with Crippen LogP contribution in [0.5, 0.6) is 0 Å². The van der Waals surface area contributed by atoms with E-state index in [-0.39, 0.29) is 5.91 Å². The second-order valence-electron chi connectivity index (χ2n) is 7.23. The van der Waals surface area contributed by atoms with E-state index in [9.17, 15) is 13.2 Å². The number of hydrogen-bond acceptors (Lipinski definition) is 5.